The fraction of sp³-hybridized carbons (Fsp3) is 0.621. The standard InChI is InChI=1S/C29H37FN4O4/c1-29(2,3)38-28(36)34-23-7-6-21(14-23)26(34)27(35)32-22(16-31)12-20-5-4-18(15-25(20)30)19-8-9-33-10-11-37-17-24(33)13-19/h4-5,13,15,21-24,26H,6-12,14,17H2,1-3H3,(H,32,35)/t21-,22-,23+,24?,26-/m0/s1. The molecular formula is C29H37FN4O4. The average Bonchev–Trinajstić information content (AvgIpc) is 3.50. The van der Waals surface area contributed by atoms with Gasteiger partial charge in [0.2, 0.25) is 5.91 Å². The molecule has 1 unspecified atom stereocenters. The summed E-state index contributed by atoms with van der Waals surface area (Å²) in [6, 6.07) is 5.83. The van der Waals surface area contributed by atoms with Gasteiger partial charge in [0.05, 0.1) is 25.3 Å². The van der Waals surface area contributed by atoms with Gasteiger partial charge in [0, 0.05) is 25.6 Å². The van der Waals surface area contributed by atoms with Crippen molar-refractivity contribution in [1.29, 1.82) is 5.26 Å². The van der Waals surface area contributed by atoms with E-state index in [2.05, 4.69) is 22.4 Å². The highest BCUT2D eigenvalue weighted by molar-refractivity contribution is 5.87. The number of nitrogens with zero attached hydrogens (tertiary/aromatic N) is 3. The van der Waals surface area contributed by atoms with E-state index in [4.69, 9.17) is 9.47 Å². The lowest BCUT2D eigenvalue weighted by molar-refractivity contribution is -0.128. The number of nitrogens with one attached hydrogen (secondary N) is 1. The van der Waals surface area contributed by atoms with Crippen LogP contribution in [0.15, 0.2) is 24.3 Å². The van der Waals surface area contributed by atoms with E-state index in [0.717, 1.165) is 56.5 Å². The molecule has 1 aromatic carbocycles. The average molecular weight is 525 g/mol. The number of carbonyl (C=O) groups is 2. The van der Waals surface area contributed by atoms with Gasteiger partial charge in [-0.1, -0.05) is 18.2 Å². The van der Waals surface area contributed by atoms with Crippen LogP contribution in [0, 0.1) is 23.1 Å². The summed E-state index contributed by atoms with van der Waals surface area (Å²) in [6.07, 6.45) is 5.02. The van der Waals surface area contributed by atoms with E-state index in [-0.39, 0.29) is 30.3 Å². The van der Waals surface area contributed by atoms with Gasteiger partial charge in [0.15, 0.2) is 0 Å². The molecule has 2 amide bonds. The predicted octanol–water partition coefficient (Wildman–Crippen LogP) is 3.65. The van der Waals surface area contributed by atoms with Crippen LogP contribution >= 0.6 is 0 Å². The number of likely N-dealkylation sites (tertiary alicyclic amines) is 1. The SMILES string of the molecule is CC(C)(C)OC(=O)N1[C@@H]2CC[C@@H](C2)[C@H]1C(=O)N[C@H](C#N)Cc1ccc(C2=CC3COCCN3CC2)cc1F. The zero-order valence-electron chi connectivity index (χ0n) is 22.4. The molecule has 3 fully saturated rings. The Balaban J connectivity index is 1.25. The molecule has 1 aliphatic carbocycles. The Morgan fingerprint density at radius 3 is 2.84 bits per heavy atom. The summed E-state index contributed by atoms with van der Waals surface area (Å²) in [5.74, 6) is -0.731. The lowest BCUT2D eigenvalue weighted by atomic mass is 9.93. The second-order valence-corrected chi connectivity index (χ2v) is 11.9. The number of ether oxygens (including phenoxy) is 2. The van der Waals surface area contributed by atoms with Gasteiger partial charge in [-0.15, -0.1) is 0 Å². The monoisotopic (exact) mass is 524 g/mol. The Kier molecular flexibility index (Phi) is 7.47. The van der Waals surface area contributed by atoms with Gasteiger partial charge in [-0.05, 0) is 75.1 Å². The summed E-state index contributed by atoms with van der Waals surface area (Å²) in [5, 5.41) is 12.6. The number of rotatable bonds is 5. The highest BCUT2D eigenvalue weighted by atomic mass is 19.1. The summed E-state index contributed by atoms with van der Waals surface area (Å²) < 4.78 is 26.3. The number of hydrogen-bond acceptors (Lipinski definition) is 6. The summed E-state index contributed by atoms with van der Waals surface area (Å²) in [7, 11) is 0. The second-order valence-electron chi connectivity index (χ2n) is 11.9. The second kappa shape index (κ2) is 10.7. The zero-order valence-corrected chi connectivity index (χ0v) is 22.4. The van der Waals surface area contributed by atoms with Crippen molar-refractivity contribution in [1.82, 2.24) is 15.1 Å². The van der Waals surface area contributed by atoms with Crippen molar-refractivity contribution >= 4 is 17.6 Å². The van der Waals surface area contributed by atoms with E-state index in [1.165, 1.54) is 6.07 Å². The minimum absolute atomic E-state index is 0.0301. The molecule has 1 aromatic rings. The van der Waals surface area contributed by atoms with Crippen LogP contribution in [0.1, 0.15) is 57.6 Å². The normalized spacial score (nSPS) is 27.8. The molecule has 0 spiro atoms. The largest absolute Gasteiger partial charge is 0.444 e. The van der Waals surface area contributed by atoms with Gasteiger partial charge in [-0.3, -0.25) is 14.6 Å². The third kappa shape index (κ3) is 5.57. The first-order chi connectivity index (χ1) is 18.1. The van der Waals surface area contributed by atoms with Crippen molar-refractivity contribution in [3.8, 4) is 6.07 Å². The third-order valence-electron chi connectivity index (χ3n) is 8.12. The molecule has 1 saturated carbocycles. The molecule has 2 bridgehead atoms. The Morgan fingerprint density at radius 1 is 1.29 bits per heavy atom. The van der Waals surface area contributed by atoms with E-state index in [1.807, 2.05) is 6.07 Å². The Morgan fingerprint density at radius 2 is 2.11 bits per heavy atom. The van der Waals surface area contributed by atoms with Crippen LogP contribution in [-0.2, 0) is 20.7 Å². The van der Waals surface area contributed by atoms with Crippen LogP contribution in [0.4, 0.5) is 9.18 Å². The van der Waals surface area contributed by atoms with Gasteiger partial charge in [-0.2, -0.15) is 5.26 Å². The van der Waals surface area contributed by atoms with Crippen molar-refractivity contribution in [2.45, 2.75) is 82.6 Å². The lowest BCUT2D eigenvalue weighted by Crippen LogP contribution is -2.55. The maximum absolute atomic E-state index is 15.2. The molecule has 9 heteroatoms. The first-order valence-corrected chi connectivity index (χ1v) is 13.7. The summed E-state index contributed by atoms with van der Waals surface area (Å²) in [6.45, 7) is 8.63. The summed E-state index contributed by atoms with van der Waals surface area (Å²) >= 11 is 0. The van der Waals surface area contributed by atoms with E-state index in [9.17, 15) is 14.9 Å². The fourth-order valence-corrected chi connectivity index (χ4v) is 6.33. The minimum atomic E-state index is -0.913. The number of fused-ring (bicyclic) bond motifs is 3. The molecule has 38 heavy (non-hydrogen) atoms. The van der Waals surface area contributed by atoms with Gasteiger partial charge in [0.1, 0.15) is 23.5 Å². The molecule has 4 aliphatic rings. The highest BCUT2D eigenvalue weighted by Gasteiger charge is 2.52. The van der Waals surface area contributed by atoms with Crippen LogP contribution < -0.4 is 5.32 Å². The Hall–Kier alpha value is -2.96. The molecule has 0 aromatic heterocycles. The van der Waals surface area contributed by atoms with E-state index < -0.39 is 29.6 Å². The first kappa shape index (κ1) is 26.6. The molecule has 0 radical (unpaired) electrons. The molecule has 3 heterocycles. The van der Waals surface area contributed by atoms with Crippen LogP contribution in [0.3, 0.4) is 0 Å². The zero-order chi connectivity index (χ0) is 27.0. The lowest BCUT2D eigenvalue weighted by Gasteiger charge is -2.37. The topological polar surface area (TPSA) is 94.9 Å². The molecule has 3 aliphatic heterocycles. The first-order valence-electron chi connectivity index (χ1n) is 13.7. The molecule has 204 valence electrons. The van der Waals surface area contributed by atoms with Crippen LogP contribution in [0.25, 0.3) is 5.57 Å². The number of hydrogen-bond donors (Lipinski definition) is 1. The quantitative estimate of drug-likeness (QED) is 0.632. The van der Waals surface area contributed by atoms with Crippen molar-refractivity contribution in [3.63, 3.8) is 0 Å². The van der Waals surface area contributed by atoms with Crippen molar-refractivity contribution in [3.05, 3.63) is 41.2 Å². The van der Waals surface area contributed by atoms with Gasteiger partial charge < -0.3 is 14.8 Å². The number of nitriles is 1. The Bertz CT molecular complexity index is 1160. The maximum atomic E-state index is 15.2. The van der Waals surface area contributed by atoms with E-state index >= 15 is 4.39 Å². The van der Waals surface area contributed by atoms with Crippen LogP contribution in [0.2, 0.25) is 0 Å². The molecule has 2 saturated heterocycles. The highest BCUT2D eigenvalue weighted by Crippen LogP contribution is 2.43. The number of benzene rings is 1. The van der Waals surface area contributed by atoms with Crippen molar-refractivity contribution in [2.75, 3.05) is 26.3 Å². The number of carbonyl (C=O) groups excluding carboxylic acids is 2. The third-order valence-corrected chi connectivity index (χ3v) is 8.12. The summed E-state index contributed by atoms with van der Waals surface area (Å²) in [5.41, 5.74) is 1.64. The smallest absolute Gasteiger partial charge is 0.411 e. The molecule has 1 N–H and O–H groups in total. The molecular weight excluding hydrogens is 487 g/mol. The van der Waals surface area contributed by atoms with Crippen LogP contribution in [0.5, 0.6) is 0 Å². The molecule has 5 rings (SSSR count). The van der Waals surface area contributed by atoms with Gasteiger partial charge in [-0.25, -0.2) is 9.18 Å². The van der Waals surface area contributed by atoms with Crippen LogP contribution in [-0.4, -0.2) is 77.9 Å². The minimum Gasteiger partial charge on any atom is -0.444 e. The number of halogens is 1. The molecule has 8 nitrogen and oxygen atoms in total. The summed E-state index contributed by atoms with van der Waals surface area (Å²) in [4.78, 5) is 30.1. The Labute approximate surface area is 223 Å². The number of piperidine rings is 1. The van der Waals surface area contributed by atoms with Gasteiger partial charge in [0.25, 0.3) is 0 Å². The fourth-order valence-electron chi connectivity index (χ4n) is 6.33. The predicted molar refractivity (Wildman–Crippen MR) is 139 cm³/mol. The number of morpholine rings is 1. The maximum Gasteiger partial charge on any atom is 0.411 e. The number of amides is 2. The molecule has 5 atom stereocenters. The van der Waals surface area contributed by atoms with E-state index in [0.29, 0.717) is 12.2 Å². The van der Waals surface area contributed by atoms with E-state index in [1.54, 1.807) is 31.7 Å². The van der Waals surface area contributed by atoms with Crippen molar-refractivity contribution < 1.29 is 23.5 Å². The van der Waals surface area contributed by atoms with Crippen molar-refractivity contribution in [2.24, 2.45) is 5.92 Å². The van der Waals surface area contributed by atoms with Gasteiger partial charge >= 0.3 is 6.09 Å².